The van der Waals surface area contributed by atoms with Crippen LogP contribution < -0.4 is 14.8 Å². The number of hydrogen-bond acceptors (Lipinski definition) is 3. The molecule has 1 aromatic rings. The Balaban J connectivity index is 1.78. The van der Waals surface area contributed by atoms with Crippen LogP contribution in [0.5, 0.6) is 11.5 Å². The lowest BCUT2D eigenvalue weighted by atomic mass is 10.1. The molecule has 2 rings (SSSR count). The van der Waals surface area contributed by atoms with Crippen molar-refractivity contribution in [3.63, 3.8) is 0 Å². The van der Waals surface area contributed by atoms with Crippen LogP contribution in [0.3, 0.4) is 0 Å². The Labute approximate surface area is 173 Å². The number of rotatable bonds is 18. The van der Waals surface area contributed by atoms with Crippen LogP contribution in [-0.4, -0.2) is 19.8 Å². The quantitative estimate of drug-likeness (QED) is 0.277. The third-order valence-corrected chi connectivity index (χ3v) is 5.51. The van der Waals surface area contributed by atoms with Gasteiger partial charge in [0, 0.05) is 18.2 Å². The zero-order chi connectivity index (χ0) is 19.9. The number of ether oxygens (including phenoxy) is 2. The number of unbranched alkanes of at least 4 members (excludes halogenated alkanes) is 8. The zero-order valence-electron chi connectivity index (χ0n) is 18.4. The molecule has 28 heavy (non-hydrogen) atoms. The van der Waals surface area contributed by atoms with Crippen LogP contribution in [0.2, 0.25) is 0 Å². The summed E-state index contributed by atoms with van der Waals surface area (Å²) in [7, 11) is 0. The Hall–Kier alpha value is -1.22. The molecule has 1 aromatic carbocycles. The highest BCUT2D eigenvalue weighted by Crippen LogP contribution is 2.29. The average molecular weight is 390 g/mol. The van der Waals surface area contributed by atoms with E-state index >= 15 is 0 Å². The lowest BCUT2D eigenvalue weighted by Gasteiger charge is -2.15. The van der Waals surface area contributed by atoms with E-state index in [1.807, 2.05) is 0 Å². The summed E-state index contributed by atoms with van der Waals surface area (Å²) in [6, 6.07) is 6.39. The van der Waals surface area contributed by atoms with Crippen LogP contribution in [0.15, 0.2) is 18.2 Å². The molecule has 0 unspecified atom stereocenters. The molecule has 0 aliphatic heterocycles. The smallest absolute Gasteiger partial charge is 0.127 e. The van der Waals surface area contributed by atoms with Crippen LogP contribution in [0.4, 0.5) is 0 Å². The third-order valence-electron chi connectivity index (χ3n) is 5.51. The van der Waals surface area contributed by atoms with Crippen LogP contribution >= 0.6 is 0 Å². The van der Waals surface area contributed by atoms with Gasteiger partial charge in [-0.3, -0.25) is 0 Å². The number of benzene rings is 1. The molecule has 1 aliphatic carbocycles. The summed E-state index contributed by atoms with van der Waals surface area (Å²) in [6.45, 7) is 8.14. The van der Waals surface area contributed by atoms with Gasteiger partial charge in [-0.1, -0.05) is 71.3 Å². The third kappa shape index (κ3) is 10.4. The molecule has 160 valence electrons. The first kappa shape index (κ1) is 23.1. The minimum Gasteiger partial charge on any atom is -0.493 e. The predicted octanol–water partition coefficient (Wildman–Crippen LogP) is 6.88. The van der Waals surface area contributed by atoms with E-state index in [0.717, 1.165) is 56.6 Å². The molecule has 1 fully saturated rings. The molecule has 0 aromatic heterocycles. The van der Waals surface area contributed by atoms with Gasteiger partial charge in [0.2, 0.25) is 0 Å². The topological polar surface area (TPSA) is 30.5 Å². The minimum absolute atomic E-state index is 0.805. The van der Waals surface area contributed by atoms with E-state index in [1.54, 1.807) is 0 Å². The highest BCUT2D eigenvalue weighted by atomic mass is 16.5. The maximum absolute atomic E-state index is 6.17. The molecule has 3 nitrogen and oxygen atoms in total. The van der Waals surface area contributed by atoms with Crippen molar-refractivity contribution in [3.8, 4) is 11.5 Å². The number of nitrogens with one attached hydrogen (secondary N) is 1. The van der Waals surface area contributed by atoms with E-state index in [9.17, 15) is 0 Å². The van der Waals surface area contributed by atoms with Crippen molar-refractivity contribution in [2.45, 2.75) is 97.4 Å². The summed E-state index contributed by atoms with van der Waals surface area (Å²) < 4.78 is 12.2. The largest absolute Gasteiger partial charge is 0.493 e. The maximum Gasteiger partial charge on any atom is 0.127 e. The molecule has 1 N–H and O–H groups in total. The van der Waals surface area contributed by atoms with Gasteiger partial charge in [0.25, 0.3) is 0 Å². The first-order valence-electron chi connectivity index (χ1n) is 11.9. The molecule has 0 radical (unpaired) electrons. The van der Waals surface area contributed by atoms with E-state index in [0.29, 0.717) is 0 Å². The van der Waals surface area contributed by atoms with Gasteiger partial charge in [0.1, 0.15) is 11.5 Å². The summed E-state index contributed by atoms with van der Waals surface area (Å²) in [4.78, 5) is 0. The van der Waals surface area contributed by atoms with E-state index in [1.165, 1.54) is 69.8 Å². The van der Waals surface area contributed by atoms with Gasteiger partial charge in [-0.15, -0.1) is 0 Å². The molecule has 1 aliphatic rings. The van der Waals surface area contributed by atoms with Gasteiger partial charge in [-0.05, 0) is 44.2 Å². The van der Waals surface area contributed by atoms with E-state index in [-0.39, 0.29) is 0 Å². The summed E-state index contributed by atoms with van der Waals surface area (Å²) in [5, 5.41) is 3.59. The van der Waals surface area contributed by atoms with Crippen molar-refractivity contribution in [2.75, 3.05) is 19.8 Å². The van der Waals surface area contributed by atoms with E-state index < -0.39 is 0 Å². The molecule has 0 spiro atoms. The fourth-order valence-corrected chi connectivity index (χ4v) is 3.42. The molecule has 0 atom stereocenters. The van der Waals surface area contributed by atoms with Crippen molar-refractivity contribution in [1.29, 1.82) is 0 Å². The summed E-state index contributed by atoms with van der Waals surface area (Å²) >= 11 is 0. The molecular formula is C25H43NO2. The molecule has 3 heteroatoms. The lowest BCUT2D eigenvalue weighted by Crippen LogP contribution is -2.17. The highest BCUT2D eigenvalue weighted by molar-refractivity contribution is 5.40. The van der Waals surface area contributed by atoms with Gasteiger partial charge in [-0.25, -0.2) is 0 Å². The van der Waals surface area contributed by atoms with E-state index in [4.69, 9.17) is 9.47 Å². The predicted molar refractivity (Wildman–Crippen MR) is 119 cm³/mol. The Morgan fingerprint density at radius 1 is 0.821 bits per heavy atom. The van der Waals surface area contributed by atoms with Gasteiger partial charge in [-0.2, -0.15) is 0 Å². The molecular weight excluding hydrogens is 346 g/mol. The van der Waals surface area contributed by atoms with Crippen LogP contribution in [-0.2, 0) is 6.54 Å². The van der Waals surface area contributed by atoms with E-state index in [2.05, 4.69) is 37.4 Å². The van der Waals surface area contributed by atoms with Crippen LogP contribution in [0.1, 0.15) is 96.5 Å². The van der Waals surface area contributed by atoms with Crippen molar-refractivity contribution in [1.82, 2.24) is 5.32 Å². The second kappa shape index (κ2) is 14.7. The average Bonchev–Trinajstić information content (AvgIpc) is 3.53. The summed E-state index contributed by atoms with van der Waals surface area (Å²) in [5.74, 6) is 2.85. The van der Waals surface area contributed by atoms with Gasteiger partial charge in [0.15, 0.2) is 0 Å². The fourth-order valence-electron chi connectivity index (χ4n) is 3.42. The Kier molecular flexibility index (Phi) is 12.1. The normalized spacial score (nSPS) is 13.6. The lowest BCUT2D eigenvalue weighted by molar-refractivity contribution is 0.287. The molecule has 1 saturated carbocycles. The first-order chi connectivity index (χ1) is 13.8. The van der Waals surface area contributed by atoms with Crippen molar-refractivity contribution >= 4 is 0 Å². The molecule has 0 bridgehead atoms. The molecule has 0 heterocycles. The minimum atomic E-state index is 0.805. The van der Waals surface area contributed by atoms with Crippen molar-refractivity contribution in [2.24, 2.45) is 5.92 Å². The monoisotopic (exact) mass is 389 g/mol. The zero-order valence-corrected chi connectivity index (χ0v) is 18.4. The van der Waals surface area contributed by atoms with Crippen molar-refractivity contribution in [3.05, 3.63) is 23.8 Å². The Morgan fingerprint density at radius 3 is 2.11 bits per heavy atom. The standard InChI is InChI=1S/C25H43NO2/c1-3-5-7-9-11-17-27-24-16-15-23(21-26-20-22-13-14-22)25(19-24)28-18-12-10-8-6-4-2/h15-16,19,22,26H,3-14,17-18,20-21H2,1-2H3. The summed E-state index contributed by atoms with van der Waals surface area (Å²) in [5.41, 5.74) is 1.25. The molecule has 0 saturated heterocycles. The van der Waals surface area contributed by atoms with Crippen LogP contribution in [0, 0.1) is 5.92 Å². The summed E-state index contributed by atoms with van der Waals surface area (Å²) in [6.07, 6.45) is 15.4. The van der Waals surface area contributed by atoms with Gasteiger partial charge >= 0.3 is 0 Å². The SMILES string of the molecule is CCCCCCCOc1ccc(CNCC2CC2)c(OCCCCCCC)c1. The molecule has 0 amide bonds. The second-order valence-electron chi connectivity index (χ2n) is 8.37. The van der Waals surface area contributed by atoms with Gasteiger partial charge < -0.3 is 14.8 Å². The first-order valence-corrected chi connectivity index (χ1v) is 11.9. The Bertz CT molecular complexity index is 513. The van der Waals surface area contributed by atoms with Gasteiger partial charge in [0.05, 0.1) is 13.2 Å². The van der Waals surface area contributed by atoms with Crippen LogP contribution in [0.25, 0.3) is 0 Å². The fraction of sp³-hybridized carbons (Fsp3) is 0.760. The second-order valence-corrected chi connectivity index (χ2v) is 8.37. The number of hydrogen-bond donors (Lipinski definition) is 1. The Morgan fingerprint density at radius 2 is 1.46 bits per heavy atom. The van der Waals surface area contributed by atoms with Crippen molar-refractivity contribution < 1.29 is 9.47 Å². The highest BCUT2D eigenvalue weighted by Gasteiger charge is 2.20. The maximum atomic E-state index is 6.17.